The van der Waals surface area contributed by atoms with Gasteiger partial charge in [-0.1, -0.05) is 0 Å². The highest BCUT2D eigenvalue weighted by Gasteiger charge is 2.26. The van der Waals surface area contributed by atoms with Gasteiger partial charge in [-0.3, -0.25) is 9.69 Å². The van der Waals surface area contributed by atoms with Crippen molar-refractivity contribution in [3.8, 4) is 0 Å². The summed E-state index contributed by atoms with van der Waals surface area (Å²) < 4.78 is 4.28. The first kappa shape index (κ1) is 16.3. The highest BCUT2D eigenvalue weighted by Crippen LogP contribution is 2.22. The number of β-amino-alcohol motifs (C(OH)–C–C–N with tert-alkyl or cyclic N) is 1. The van der Waals surface area contributed by atoms with E-state index in [1.54, 1.807) is 6.20 Å². The number of carbonyl (C=O) groups excluding carboxylic acids is 1. The zero-order valence-electron chi connectivity index (χ0n) is 13.7. The minimum Gasteiger partial charge on any atom is -0.389 e. The van der Waals surface area contributed by atoms with Crippen molar-refractivity contribution >= 4 is 27.7 Å². The first-order chi connectivity index (χ1) is 10.8. The monoisotopic (exact) mass is 334 g/mol. The third kappa shape index (κ3) is 3.68. The van der Waals surface area contributed by atoms with Crippen LogP contribution in [0.25, 0.3) is 10.2 Å². The van der Waals surface area contributed by atoms with E-state index in [1.165, 1.54) is 11.5 Å². The van der Waals surface area contributed by atoms with Gasteiger partial charge in [0, 0.05) is 44.3 Å². The maximum Gasteiger partial charge on any atom is 0.255 e. The fourth-order valence-electron chi connectivity index (χ4n) is 2.90. The molecule has 6 nitrogen and oxygen atoms in total. The number of carbonyl (C=O) groups is 1. The van der Waals surface area contributed by atoms with Gasteiger partial charge in [0.05, 0.1) is 16.9 Å². The number of pyridine rings is 1. The summed E-state index contributed by atoms with van der Waals surface area (Å²) >= 11 is 1.36. The molecule has 1 aliphatic rings. The van der Waals surface area contributed by atoms with Crippen molar-refractivity contribution in [2.45, 2.75) is 26.4 Å². The molecule has 3 rings (SSSR count). The van der Waals surface area contributed by atoms with Crippen LogP contribution in [0.15, 0.2) is 12.3 Å². The SMILES string of the molecule is Cc1nsc2ncc(C(=O)N3CCN(CC(C)(C)O)CC3)cc12. The second kappa shape index (κ2) is 6.14. The predicted molar refractivity (Wildman–Crippen MR) is 90.8 cm³/mol. The Labute approximate surface area is 139 Å². The van der Waals surface area contributed by atoms with E-state index in [-0.39, 0.29) is 5.91 Å². The van der Waals surface area contributed by atoms with Crippen molar-refractivity contribution in [3.63, 3.8) is 0 Å². The van der Waals surface area contributed by atoms with Gasteiger partial charge in [0.15, 0.2) is 0 Å². The molecule has 1 saturated heterocycles. The Kier molecular flexibility index (Phi) is 4.35. The Morgan fingerprint density at radius 2 is 2.04 bits per heavy atom. The summed E-state index contributed by atoms with van der Waals surface area (Å²) in [6, 6.07) is 1.90. The molecule has 0 atom stereocenters. The fourth-order valence-corrected chi connectivity index (χ4v) is 3.63. The average molecular weight is 334 g/mol. The van der Waals surface area contributed by atoms with Crippen LogP contribution in [0, 0.1) is 6.92 Å². The van der Waals surface area contributed by atoms with Crippen LogP contribution in [0.4, 0.5) is 0 Å². The molecule has 124 valence electrons. The summed E-state index contributed by atoms with van der Waals surface area (Å²) in [4.78, 5) is 21.9. The number of piperazine rings is 1. The van der Waals surface area contributed by atoms with Gasteiger partial charge < -0.3 is 10.0 Å². The zero-order valence-corrected chi connectivity index (χ0v) is 14.6. The van der Waals surface area contributed by atoms with Crippen molar-refractivity contribution in [3.05, 3.63) is 23.5 Å². The Bertz CT molecular complexity index is 714. The Morgan fingerprint density at radius 3 is 2.70 bits per heavy atom. The molecule has 23 heavy (non-hydrogen) atoms. The molecule has 0 spiro atoms. The molecule has 1 aliphatic heterocycles. The Hall–Kier alpha value is -1.57. The molecular weight excluding hydrogens is 312 g/mol. The molecule has 2 aromatic heterocycles. The van der Waals surface area contributed by atoms with Gasteiger partial charge in [-0.05, 0) is 38.4 Å². The third-order valence-electron chi connectivity index (χ3n) is 4.03. The van der Waals surface area contributed by atoms with E-state index in [2.05, 4.69) is 14.3 Å². The Balaban J connectivity index is 1.67. The lowest BCUT2D eigenvalue weighted by molar-refractivity contribution is 0.0178. The number of aliphatic hydroxyl groups is 1. The molecule has 3 heterocycles. The first-order valence-corrected chi connectivity index (χ1v) is 8.57. The van der Waals surface area contributed by atoms with Crippen LogP contribution in [0.5, 0.6) is 0 Å². The molecular formula is C16H22N4O2S. The van der Waals surface area contributed by atoms with Crippen molar-refractivity contribution < 1.29 is 9.90 Å². The number of rotatable bonds is 3. The Morgan fingerprint density at radius 1 is 1.35 bits per heavy atom. The van der Waals surface area contributed by atoms with Gasteiger partial charge in [-0.25, -0.2) is 4.98 Å². The second-order valence-electron chi connectivity index (χ2n) is 6.73. The van der Waals surface area contributed by atoms with E-state index >= 15 is 0 Å². The highest BCUT2D eigenvalue weighted by atomic mass is 32.1. The number of amides is 1. The molecule has 0 saturated carbocycles. The largest absolute Gasteiger partial charge is 0.389 e. The lowest BCUT2D eigenvalue weighted by Crippen LogP contribution is -2.52. The van der Waals surface area contributed by atoms with E-state index < -0.39 is 5.60 Å². The number of hydrogen-bond acceptors (Lipinski definition) is 6. The quantitative estimate of drug-likeness (QED) is 0.922. The maximum atomic E-state index is 12.7. The first-order valence-electron chi connectivity index (χ1n) is 7.79. The zero-order chi connectivity index (χ0) is 16.6. The fraction of sp³-hybridized carbons (Fsp3) is 0.562. The molecule has 1 N–H and O–H groups in total. The molecule has 1 fully saturated rings. The summed E-state index contributed by atoms with van der Waals surface area (Å²) in [6.07, 6.45) is 1.64. The van der Waals surface area contributed by atoms with Crippen molar-refractivity contribution in [1.29, 1.82) is 0 Å². The summed E-state index contributed by atoms with van der Waals surface area (Å²) in [5.41, 5.74) is 0.837. The molecule has 0 bridgehead atoms. The van der Waals surface area contributed by atoms with Crippen molar-refractivity contribution in [2.75, 3.05) is 32.7 Å². The number of fused-ring (bicyclic) bond motifs is 1. The van der Waals surface area contributed by atoms with Gasteiger partial charge >= 0.3 is 0 Å². The highest BCUT2D eigenvalue weighted by molar-refractivity contribution is 7.12. The van der Waals surface area contributed by atoms with Crippen LogP contribution in [-0.2, 0) is 0 Å². The lowest BCUT2D eigenvalue weighted by atomic mass is 10.1. The number of nitrogens with zero attached hydrogens (tertiary/aromatic N) is 4. The van der Waals surface area contributed by atoms with Gasteiger partial charge in [-0.2, -0.15) is 4.37 Å². The van der Waals surface area contributed by atoms with Crippen LogP contribution in [0.3, 0.4) is 0 Å². The normalized spacial score (nSPS) is 17.0. The molecule has 0 aromatic carbocycles. The summed E-state index contributed by atoms with van der Waals surface area (Å²) in [5.74, 6) is 0.0212. The minimum absolute atomic E-state index is 0.0212. The second-order valence-corrected chi connectivity index (χ2v) is 7.48. The molecule has 0 unspecified atom stereocenters. The van der Waals surface area contributed by atoms with E-state index in [0.29, 0.717) is 25.2 Å². The third-order valence-corrected chi connectivity index (χ3v) is 4.89. The van der Waals surface area contributed by atoms with Gasteiger partial charge in [0.2, 0.25) is 0 Å². The summed E-state index contributed by atoms with van der Waals surface area (Å²) in [5, 5.41) is 10.9. The molecule has 0 radical (unpaired) electrons. The van der Waals surface area contributed by atoms with Crippen LogP contribution >= 0.6 is 11.5 Å². The number of aromatic nitrogens is 2. The van der Waals surface area contributed by atoms with E-state index in [1.807, 2.05) is 31.7 Å². The molecule has 2 aromatic rings. The summed E-state index contributed by atoms with van der Waals surface area (Å²) in [7, 11) is 0. The lowest BCUT2D eigenvalue weighted by Gasteiger charge is -2.37. The van der Waals surface area contributed by atoms with Crippen LogP contribution < -0.4 is 0 Å². The van der Waals surface area contributed by atoms with Crippen molar-refractivity contribution in [1.82, 2.24) is 19.2 Å². The maximum absolute atomic E-state index is 12.7. The van der Waals surface area contributed by atoms with E-state index in [4.69, 9.17) is 0 Å². The smallest absolute Gasteiger partial charge is 0.255 e. The minimum atomic E-state index is -0.704. The van der Waals surface area contributed by atoms with Gasteiger partial charge in [0.25, 0.3) is 5.91 Å². The van der Waals surface area contributed by atoms with Crippen molar-refractivity contribution in [2.24, 2.45) is 0 Å². The molecule has 0 aliphatic carbocycles. The summed E-state index contributed by atoms with van der Waals surface area (Å²) in [6.45, 7) is 9.09. The molecule has 7 heteroatoms. The standard InChI is InChI=1S/C16H22N4O2S/c1-11-13-8-12(9-17-14(13)23-18-11)15(21)20-6-4-19(5-7-20)10-16(2,3)22/h8-9,22H,4-7,10H2,1-3H3. The van der Waals surface area contributed by atoms with Crippen LogP contribution in [0.2, 0.25) is 0 Å². The van der Waals surface area contributed by atoms with Gasteiger partial charge in [-0.15, -0.1) is 0 Å². The molecule has 1 amide bonds. The average Bonchev–Trinajstić information content (AvgIpc) is 2.87. The predicted octanol–water partition coefficient (Wildman–Crippen LogP) is 1.53. The van der Waals surface area contributed by atoms with E-state index in [9.17, 15) is 9.90 Å². The van der Waals surface area contributed by atoms with Crippen LogP contribution in [-0.4, -0.2) is 68.5 Å². The van der Waals surface area contributed by atoms with E-state index in [0.717, 1.165) is 29.0 Å². The number of aryl methyl sites for hydroxylation is 1. The number of hydrogen-bond donors (Lipinski definition) is 1. The topological polar surface area (TPSA) is 69.6 Å². The van der Waals surface area contributed by atoms with Gasteiger partial charge in [0.1, 0.15) is 4.83 Å². The van der Waals surface area contributed by atoms with Crippen LogP contribution in [0.1, 0.15) is 29.9 Å².